The van der Waals surface area contributed by atoms with E-state index in [2.05, 4.69) is 5.32 Å². The Hall–Kier alpha value is -0.180. The number of alkyl halides is 2. The Labute approximate surface area is 52.4 Å². The summed E-state index contributed by atoms with van der Waals surface area (Å²) in [5, 5.41) is 2.87. The van der Waals surface area contributed by atoms with Crippen LogP contribution in [0.1, 0.15) is 19.3 Å². The molecule has 2 aliphatic rings. The first-order chi connectivity index (χ1) is 4.18. The summed E-state index contributed by atoms with van der Waals surface area (Å²) < 4.78 is 25.2. The minimum atomic E-state index is -2.40. The summed E-state index contributed by atoms with van der Waals surface area (Å²) in [4.78, 5) is 0. The van der Waals surface area contributed by atoms with Gasteiger partial charge >= 0.3 is 0 Å². The third-order valence-electron chi connectivity index (χ3n) is 2.27. The number of nitrogens with one attached hydrogen (secondary N) is 1. The largest absolute Gasteiger partial charge is 0.306 e. The Bertz CT molecular complexity index is 135. The van der Waals surface area contributed by atoms with Crippen molar-refractivity contribution in [1.29, 1.82) is 0 Å². The topological polar surface area (TPSA) is 12.0 Å². The normalized spacial score (nSPS) is 46.0. The van der Waals surface area contributed by atoms with E-state index in [1.807, 2.05) is 0 Å². The van der Waals surface area contributed by atoms with E-state index in [-0.39, 0.29) is 12.5 Å². The summed E-state index contributed by atoms with van der Waals surface area (Å²) in [6, 6.07) is -0.382. The fourth-order valence-electron chi connectivity index (χ4n) is 1.78. The number of fused-ring (bicyclic) bond motifs is 2. The lowest BCUT2D eigenvalue weighted by atomic mass is 9.97. The summed E-state index contributed by atoms with van der Waals surface area (Å²) in [7, 11) is 0. The van der Waals surface area contributed by atoms with Crippen molar-refractivity contribution in [3.63, 3.8) is 0 Å². The molecule has 2 fully saturated rings. The molecular weight excluding hydrogens is 124 g/mol. The van der Waals surface area contributed by atoms with Crippen molar-refractivity contribution in [2.24, 2.45) is 0 Å². The zero-order chi connectivity index (χ0) is 6.48. The van der Waals surface area contributed by atoms with Crippen LogP contribution in [0.4, 0.5) is 8.78 Å². The summed E-state index contributed by atoms with van der Waals surface area (Å²) in [6.45, 7) is 0. The van der Waals surface area contributed by atoms with Crippen LogP contribution in [0.2, 0.25) is 0 Å². The molecule has 1 nitrogen and oxygen atoms in total. The van der Waals surface area contributed by atoms with Crippen molar-refractivity contribution in [1.82, 2.24) is 5.32 Å². The molecule has 1 N–H and O–H groups in total. The van der Waals surface area contributed by atoms with Gasteiger partial charge in [0.1, 0.15) is 0 Å². The minimum absolute atomic E-state index is 0.0671. The molecule has 2 unspecified atom stereocenters. The fraction of sp³-hybridized carbons (Fsp3) is 1.00. The van der Waals surface area contributed by atoms with Gasteiger partial charge in [-0.1, -0.05) is 0 Å². The molecule has 2 aliphatic heterocycles. The molecule has 3 heteroatoms. The Kier molecular flexibility index (Phi) is 0.903. The van der Waals surface area contributed by atoms with Gasteiger partial charge in [-0.15, -0.1) is 0 Å². The van der Waals surface area contributed by atoms with Gasteiger partial charge in [-0.3, -0.25) is 0 Å². The van der Waals surface area contributed by atoms with Crippen LogP contribution in [0, 0.1) is 0 Å². The van der Waals surface area contributed by atoms with E-state index >= 15 is 0 Å². The smallest absolute Gasteiger partial charge is 0.264 e. The predicted octanol–water partition coefficient (Wildman–Crippen LogP) is 1.15. The molecule has 0 aromatic heterocycles. The second-order valence-corrected chi connectivity index (χ2v) is 2.96. The molecule has 0 spiro atoms. The van der Waals surface area contributed by atoms with E-state index in [0.29, 0.717) is 6.42 Å². The maximum absolute atomic E-state index is 12.6. The highest BCUT2D eigenvalue weighted by Gasteiger charge is 2.52. The Morgan fingerprint density at radius 3 is 2.33 bits per heavy atom. The molecule has 2 bridgehead atoms. The third-order valence-corrected chi connectivity index (χ3v) is 2.27. The van der Waals surface area contributed by atoms with Gasteiger partial charge in [0.2, 0.25) is 0 Å². The summed E-state index contributed by atoms with van der Waals surface area (Å²) in [5.41, 5.74) is 0. The number of halogens is 2. The van der Waals surface area contributed by atoms with Gasteiger partial charge in [-0.05, 0) is 12.8 Å². The van der Waals surface area contributed by atoms with Crippen molar-refractivity contribution in [3.05, 3.63) is 0 Å². The average molecular weight is 133 g/mol. The molecule has 2 atom stereocenters. The standard InChI is InChI=1S/C6H9F2N/c7-6(8)3-4-1-2-5(6)9-4/h4-5,9H,1-3H2. The zero-order valence-corrected chi connectivity index (χ0v) is 5.03. The first-order valence-corrected chi connectivity index (χ1v) is 3.32. The second kappa shape index (κ2) is 1.45. The molecule has 2 heterocycles. The quantitative estimate of drug-likeness (QED) is 0.522. The second-order valence-electron chi connectivity index (χ2n) is 2.96. The molecule has 0 amide bonds. The van der Waals surface area contributed by atoms with Crippen LogP contribution in [0.3, 0.4) is 0 Å². The highest BCUT2D eigenvalue weighted by atomic mass is 19.3. The zero-order valence-electron chi connectivity index (χ0n) is 5.03. The van der Waals surface area contributed by atoms with Gasteiger partial charge in [-0.2, -0.15) is 0 Å². The van der Waals surface area contributed by atoms with Crippen LogP contribution >= 0.6 is 0 Å². The van der Waals surface area contributed by atoms with Crippen molar-refractivity contribution in [3.8, 4) is 0 Å². The van der Waals surface area contributed by atoms with E-state index in [4.69, 9.17) is 0 Å². The molecule has 2 saturated heterocycles. The molecule has 0 aliphatic carbocycles. The van der Waals surface area contributed by atoms with Crippen LogP contribution < -0.4 is 5.32 Å². The molecule has 0 aromatic carbocycles. The van der Waals surface area contributed by atoms with Gasteiger partial charge in [0.25, 0.3) is 5.92 Å². The van der Waals surface area contributed by atoms with Crippen molar-refractivity contribution < 1.29 is 8.78 Å². The minimum Gasteiger partial charge on any atom is -0.306 e. The maximum atomic E-state index is 12.6. The first kappa shape index (κ1) is 5.59. The number of hydrogen-bond acceptors (Lipinski definition) is 1. The van der Waals surface area contributed by atoms with Crippen LogP contribution in [-0.4, -0.2) is 18.0 Å². The third kappa shape index (κ3) is 0.674. The average Bonchev–Trinajstić information content (AvgIpc) is 2.19. The van der Waals surface area contributed by atoms with Crippen LogP contribution in [-0.2, 0) is 0 Å². The van der Waals surface area contributed by atoms with E-state index < -0.39 is 12.0 Å². The maximum Gasteiger partial charge on any atom is 0.264 e. The van der Waals surface area contributed by atoms with Crippen LogP contribution in [0.5, 0.6) is 0 Å². The summed E-state index contributed by atoms with van der Waals surface area (Å²) in [5.74, 6) is -2.40. The fourth-order valence-corrected chi connectivity index (χ4v) is 1.78. The van der Waals surface area contributed by atoms with E-state index in [1.54, 1.807) is 0 Å². The Morgan fingerprint density at radius 2 is 2.11 bits per heavy atom. The number of hydrogen-bond donors (Lipinski definition) is 1. The van der Waals surface area contributed by atoms with Crippen molar-refractivity contribution in [2.45, 2.75) is 37.3 Å². The summed E-state index contributed by atoms with van der Waals surface area (Å²) >= 11 is 0. The molecule has 0 saturated carbocycles. The summed E-state index contributed by atoms with van der Waals surface area (Å²) in [6.07, 6.45) is 1.68. The van der Waals surface area contributed by atoms with Crippen molar-refractivity contribution in [2.75, 3.05) is 0 Å². The molecule has 0 aromatic rings. The molecule has 2 rings (SSSR count). The Balaban J connectivity index is 2.18. The van der Waals surface area contributed by atoms with Crippen LogP contribution in [0.15, 0.2) is 0 Å². The lowest BCUT2D eigenvalue weighted by Crippen LogP contribution is -2.32. The van der Waals surface area contributed by atoms with E-state index in [1.165, 1.54) is 0 Å². The highest BCUT2D eigenvalue weighted by molar-refractivity contribution is 5.02. The highest BCUT2D eigenvalue weighted by Crippen LogP contribution is 2.40. The lowest BCUT2D eigenvalue weighted by molar-refractivity contribution is -0.0219. The molecule has 9 heavy (non-hydrogen) atoms. The van der Waals surface area contributed by atoms with Gasteiger partial charge in [0.05, 0.1) is 6.04 Å². The van der Waals surface area contributed by atoms with Crippen LogP contribution in [0.25, 0.3) is 0 Å². The van der Waals surface area contributed by atoms with Gasteiger partial charge < -0.3 is 5.32 Å². The van der Waals surface area contributed by atoms with E-state index in [0.717, 1.165) is 6.42 Å². The molecule has 0 radical (unpaired) electrons. The lowest BCUT2D eigenvalue weighted by Gasteiger charge is -2.18. The van der Waals surface area contributed by atoms with E-state index in [9.17, 15) is 8.78 Å². The Morgan fingerprint density at radius 1 is 1.33 bits per heavy atom. The predicted molar refractivity (Wildman–Crippen MR) is 29.5 cm³/mol. The van der Waals surface area contributed by atoms with Crippen molar-refractivity contribution >= 4 is 0 Å². The van der Waals surface area contributed by atoms with Gasteiger partial charge in [-0.25, -0.2) is 8.78 Å². The molecular formula is C6H9F2N. The number of rotatable bonds is 0. The SMILES string of the molecule is FC1(F)CC2CCC1N2. The molecule has 52 valence electrons. The first-order valence-electron chi connectivity index (χ1n) is 3.32. The van der Waals surface area contributed by atoms with Gasteiger partial charge in [0.15, 0.2) is 0 Å². The van der Waals surface area contributed by atoms with Gasteiger partial charge in [0, 0.05) is 12.5 Å². The monoisotopic (exact) mass is 133 g/mol.